The molecule has 0 aliphatic carbocycles. The first-order valence-electron chi connectivity index (χ1n) is 27.3. The first-order chi connectivity index (χ1) is 30.9. The molecule has 9 heteroatoms. The Balaban J connectivity index is 2.12. The zero-order valence-corrected chi connectivity index (χ0v) is 41.4. The van der Waals surface area contributed by atoms with Gasteiger partial charge >= 0.3 is 5.97 Å². The van der Waals surface area contributed by atoms with Gasteiger partial charge in [-0.1, -0.05) is 231 Å². The Bertz CT molecular complexity index is 977. The van der Waals surface area contributed by atoms with Crippen LogP contribution in [0.25, 0.3) is 0 Å². The lowest BCUT2D eigenvalue weighted by Crippen LogP contribution is -2.59. The van der Waals surface area contributed by atoms with Crippen molar-refractivity contribution in [1.29, 1.82) is 0 Å². The number of unbranched alkanes of at least 4 members (excludes halogenated alkanes) is 35. The molecule has 63 heavy (non-hydrogen) atoms. The number of carbonyl (C=O) groups is 1. The van der Waals surface area contributed by atoms with Crippen molar-refractivity contribution >= 4 is 5.97 Å². The first-order valence-corrected chi connectivity index (χ1v) is 27.3. The third kappa shape index (κ3) is 36.7. The minimum atomic E-state index is -1.53. The summed E-state index contributed by atoms with van der Waals surface area (Å²) >= 11 is 0. The van der Waals surface area contributed by atoms with Gasteiger partial charge in [-0.3, -0.25) is 4.79 Å². The molecule has 1 fully saturated rings. The minimum absolute atomic E-state index is 0.111. The molecule has 4 N–H and O–H groups in total. The van der Waals surface area contributed by atoms with Crippen molar-refractivity contribution in [3.05, 3.63) is 12.2 Å². The van der Waals surface area contributed by atoms with Crippen molar-refractivity contribution in [2.24, 2.45) is 0 Å². The van der Waals surface area contributed by atoms with Gasteiger partial charge in [-0.25, -0.2) is 0 Å². The van der Waals surface area contributed by atoms with E-state index in [1.165, 1.54) is 199 Å². The predicted molar refractivity (Wildman–Crippen MR) is 261 cm³/mol. The molecule has 9 nitrogen and oxygen atoms in total. The highest BCUT2D eigenvalue weighted by Gasteiger charge is 2.44. The van der Waals surface area contributed by atoms with Crippen LogP contribution in [0.1, 0.15) is 264 Å². The number of ether oxygens (including phenoxy) is 4. The quantitative estimate of drug-likeness (QED) is 0.0267. The fourth-order valence-corrected chi connectivity index (χ4v) is 8.67. The van der Waals surface area contributed by atoms with E-state index >= 15 is 0 Å². The fraction of sp³-hybridized carbons (Fsp3) is 0.944. The van der Waals surface area contributed by atoms with E-state index in [9.17, 15) is 25.2 Å². The molecule has 0 bridgehead atoms. The van der Waals surface area contributed by atoms with Crippen molar-refractivity contribution in [2.75, 3.05) is 26.4 Å². The lowest BCUT2D eigenvalue weighted by molar-refractivity contribution is -0.305. The van der Waals surface area contributed by atoms with Crippen molar-refractivity contribution in [1.82, 2.24) is 0 Å². The smallest absolute Gasteiger partial charge is 0.306 e. The molecule has 6 atom stereocenters. The Morgan fingerprint density at radius 1 is 0.492 bits per heavy atom. The zero-order chi connectivity index (χ0) is 45.7. The summed E-state index contributed by atoms with van der Waals surface area (Å²) in [7, 11) is 0. The largest absolute Gasteiger partial charge is 0.457 e. The van der Waals surface area contributed by atoms with E-state index in [2.05, 4.69) is 26.0 Å². The number of allylic oxidation sites excluding steroid dienone is 2. The molecular weight excluding hydrogens is 793 g/mol. The van der Waals surface area contributed by atoms with Crippen LogP contribution in [0, 0.1) is 0 Å². The van der Waals surface area contributed by atoms with Crippen LogP contribution < -0.4 is 0 Å². The van der Waals surface area contributed by atoms with Gasteiger partial charge in [-0.15, -0.1) is 0 Å². The van der Waals surface area contributed by atoms with Gasteiger partial charge in [0.25, 0.3) is 0 Å². The second-order valence-electron chi connectivity index (χ2n) is 19.0. The third-order valence-electron chi connectivity index (χ3n) is 12.9. The summed E-state index contributed by atoms with van der Waals surface area (Å²) in [5.41, 5.74) is 0. The maximum Gasteiger partial charge on any atom is 0.306 e. The molecule has 1 aliphatic heterocycles. The summed E-state index contributed by atoms with van der Waals surface area (Å²) in [4.78, 5) is 12.8. The second kappa shape index (κ2) is 46.1. The fourth-order valence-electron chi connectivity index (χ4n) is 8.67. The molecule has 0 aromatic rings. The number of carbonyl (C=O) groups excluding carboxylic acids is 1. The van der Waals surface area contributed by atoms with Gasteiger partial charge in [0.05, 0.1) is 19.8 Å². The normalized spacial score (nSPS) is 19.6. The van der Waals surface area contributed by atoms with Crippen molar-refractivity contribution in [3.8, 4) is 0 Å². The number of aliphatic hydroxyl groups excluding tert-OH is 4. The Hall–Kier alpha value is -1.07. The molecule has 374 valence electrons. The summed E-state index contributed by atoms with van der Waals surface area (Å²) in [5, 5.41) is 40.2. The number of rotatable bonds is 48. The van der Waals surface area contributed by atoms with Crippen LogP contribution in [0.15, 0.2) is 12.2 Å². The summed E-state index contributed by atoms with van der Waals surface area (Å²) in [6, 6.07) is 0. The molecule has 0 aromatic carbocycles. The summed E-state index contributed by atoms with van der Waals surface area (Å²) in [5.74, 6) is -0.317. The highest BCUT2D eigenvalue weighted by Crippen LogP contribution is 2.23. The molecule has 1 aliphatic rings. The molecule has 1 rings (SSSR count). The van der Waals surface area contributed by atoms with Crippen LogP contribution in [-0.2, 0) is 23.7 Å². The van der Waals surface area contributed by atoms with E-state index in [-0.39, 0.29) is 19.2 Å². The van der Waals surface area contributed by atoms with Gasteiger partial charge in [-0.2, -0.15) is 0 Å². The summed E-state index contributed by atoms with van der Waals surface area (Å²) in [6.07, 6.45) is 46.9. The Morgan fingerprint density at radius 3 is 1.29 bits per heavy atom. The Labute approximate surface area is 388 Å². The number of hydrogen-bond acceptors (Lipinski definition) is 9. The lowest BCUT2D eigenvalue weighted by Gasteiger charge is -2.39. The van der Waals surface area contributed by atoms with E-state index in [0.29, 0.717) is 13.0 Å². The lowest BCUT2D eigenvalue weighted by atomic mass is 9.99. The van der Waals surface area contributed by atoms with Crippen LogP contribution in [0.5, 0.6) is 0 Å². The number of aliphatic hydroxyl groups is 4. The molecule has 0 aromatic heterocycles. The van der Waals surface area contributed by atoms with Gasteiger partial charge in [0.1, 0.15) is 30.5 Å². The van der Waals surface area contributed by atoms with Crippen LogP contribution in [0.2, 0.25) is 0 Å². The van der Waals surface area contributed by atoms with E-state index < -0.39 is 43.4 Å². The van der Waals surface area contributed by atoms with Crippen LogP contribution >= 0.6 is 0 Å². The average Bonchev–Trinajstić information content (AvgIpc) is 3.28. The van der Waals surface area contributed by atoms with Crippen LogP contribution in [0.4, 0.5) is 0 Å². The highest BCUT2D eigenvalue weighted by molar-refractivity contribution is 5.69. The maximum atomic E-state index is 12.8. The van der Waals surface area contributed by atoms with E-state index in [1.807, 2.05) is 0 Å². The molecule has 0 saturated carbocycles. The Morgan fingerprint density at radius 2 is 0.873 bits per heavy atom. The predicted octanol–water partition coefficient (Wildman–Crippen LogP) is 13.5. The van der Waals surface area contributed by atoms with E-state index in [4.69, 9.17) is 18.9 Å². The number of esters is 1. The third-order valence-corrected chi connectivity index (χ3v) is 12.9. The van der Waals surface area contributed by atoms with Gasteiger partial charge in [0.15, 0.2) is 6.29 Å². The molecule has 1 heterocycles. The summed E-state index contributed by atoms with van der Waals surface area (Å²) in [6.45, 7) is 4.59. The average molecular weight is 897 g/mol. The van der Waals surface area contributed by atoms with Gasteiger partial charge in [0.2, 0.25) is 0 Å². The van der Waals surface area contributed by atoms with Gasteiger partial charge < -0.3 is 39.4 Å². The highest BCUT2D eigenvalue weighted by atomic mass is 16.7. The van der Waals surface area contributed by atoms with Gasteiger partial charge in [-0.05, 0) is 38.5 Å². The van der Waals surface area contributed by atoms with E-state index in [0.717, 1.165) is 44.9 Å². The standard InChI is InChI=1S/C54H104O9/c1-3-5-7-9-11-13-15-17-19-20-21-22-23-24-25-26-27-28-29-30-32-34-36-38-40-42-44-60-46-48(47-61-54-53(59)52(58)51(57)49(45-55)63-54)62-50(56)43-41-39-37-35-33-31-18-16-14-12-10-8-6-4-2/h16,18,48-49,51-55,57-59H,3-15,17,19-47H2,1-2H3/b18-16-. The maximum absolute atomic E-state index is 12.8. The van der Waals surface area contributed by atoms with Crippen LogP contribution in [0.3, 0.4) is 0 Å². The van der Waals surface area contributed by atoms with Crippen LogP contribution in [-0.4, -0.2) is 89.6 Å². The second-order valence-corrected chi connectivity index (χ2v) is 19.0. The molecule has 0 radical (unpaired) electrons. The monoisotopic (exact) mass is 897 g/mol. The molecular formula is C54H104O9. The van der Waals surface area contributed by atoms with Crippen molar-refractivity contribution in [3.63, 3.8) is 0 Å². The topological polar surface area (TPSA) is 135 Å². The van der Waals surface area contributed by atoms with E-state index in [1.54, 1.807) is 0 Å². The molecule has 0 spiro atoms. The zero-order valence-electron chi connectivity index (χ0n) is 41.4. The van der Waals surface area contributed by atoms with Gasteiger partial charge in [0, 0.05) is 13.0 Å². The SMILES string of the molecule is CCCCCCC/C=C\CCCCCCCC(=O)OC(COCCCCCCCCCCCCCCCCCCCCCCCCCCCC)COC1OC(CO)C(O)C(O)C1O. The van der Waals surface area contributed by atoms with Crippen molar-refractivity contribution < 1.29 is 44.2 Å². The minimum Gasteiger partial charge on any atom is -0.457 e. The molecule has 1 saturated heterocycles. The molecule has 6 unspecified atom stereocenters. The first kappa shape index (κ1) is 59.9. The molecule has 0 amide bonds. The van der Waals surface area contributed by atoms with Crippen molar-refractivity contribution in [2.45, 2.75) is 301 Å². The Kier molecular flexibility index (Phi) is 43.8. The summed E-state index contributed by atoms with van der Waals surface area (Å²) < 4.78 is 22.9. The number of hydrogen-bond donors (Lipinski definition) is 4.